The minimum Gasteiger partial charge on any atom is -0.508 e. The highest BCUT2D eigenvalue weighted by molar-refractivity contribution is 5.90. The Balaban J connectivity index is 2.73. The van der Waals surface area contributed by atoms with E-state index in [0.717, 1.165) is 0 Å². The molecule has 1 N–H and O–H groups in total. The summed E-state index contributed by atoms with van der Waals surface area (Å²) in [5, 5.41) is 9.56. The number of esters is 2. The zero-order chi connectivity index (χ0) is 14.3. The Labute approximate surface area is 112 Å². The quantitative estimate of drug-likeness (QED) is 0.798. The monoisotopic (exact) mass is 266 g/mol. The van der Waals surface area contributed by atoms with Gasteiger partial charge in [0.05, 0.1) is 18.8 Å². The molecule has 1 aromatic carbocycles. The van der Waals surface area contributed by atoms with Crippen molar-refractivity contribution in [3.63, 3.8) is 0 Å². The Morgan fingerprint density at radius 1 is 1.11 bits per heavy atom. The molecule has 0 unspecified atom stereocenters. The van der Waals surface area contributed by atoms with Crippen LogP contribution in [0.15, 0.2) is 18.2 Å². The first-order valence-corrected chi connectivity index (χ1v) is 6.22. The van der Waals surface area contributed by atoms with Gasteiger partial charge in [-0.25, -0.2) is 4.79 Å². The second-order valence-electron chi connectivity index (χ2n) is 3.91. The van der Waals surface area contributed by atoms with Crippen LogP contribution in [-0.2, 0) is 20.7 Å². The molecule has 5 nitrogen and oxygen atoms in total. The molecule has 104 valence electrons. The summed E-state index contributed by atoms with van der Waals surface area (Å²) in [6.07, 6.45) is 0.610. The number of phenols is 1. The lowest BCUT2D eigenvalue weighted by Gasteiger charge is -2.06. The van der Waals surface area contributed by atoms with Crippen molar-refractivity contribution in [1.29, 1.82) is 0 Å². The Morgan fingerprint density at radius 3 is 2.42 bits per heavy atom. The molecular weight excluding hydrogens is 248 g/mol. The fraction of sp³-hybridized carbons (Fsp3) is 0.429. The van der Waals surface area contributed by atoms with E-state index in [9.17, 15) is 14.7 Å². The second kappa shape index (κ2) is 7.41. The van der Waals surface area contributed by atoms with Gasteiger partial charge in [0.2, 0.25) is 0 Å². The van der Waals surface area contributed by atoms with Crippen LogP contribution in [-0.4, -0.2) is 30.3 Å². The van der Waals surface area contributed by atoms with Gasteiger partial charge in [0, 0.05) is 6.42 Å². The number of benzene rings is 1. The lowest BCUT2D eigenvalue weighted by atomic mass is 10.1. The fourth-order valence-corrected chi connectivity index (χ4v) is 1.63. The number of aromatic hydroxyl groups is 1. The molecule has 0 radical (unpaired) electrons. The van der Waals surface area contributed by atoms with E-state index >= 15 is 0 Å². The number of carbonyl (C=O) groups excluding carboxylic acids is 2. The van der Waals surface area contributed by atoms with Crippen molar-refractivity contribution >= 4 is 11.9 Å². The van der Waals surface area contributed by atoms with E-state index < -0.39 is 5.97 Å². The number of carbonyl (C=O) groups is 2. The van der Waals surface area contributed by atoms with Gasteiger partial charge in [0.1, 0.15) is 5.75 Å². The van der Waals surface area contributed by atoms with Crippen molar-refractivity contribution in [2.45, 2.75) is 26.7 Å². The number of hydrogen-bond acceptors (Lipinski definition) is 5. The highest BCUT2D eigenvalue weighted by Gasteiger charge is 2.10. The third-order valence-electron chi connectivity index (χ3n) is 2.41. The molecule has 1 rings (SSSR count). The summed E-state index contributed by atoms with van der Waals surface area (Å²) >= 11 is 0. The predicted molar refractivity (Wildman–Crippen MR) is 69.0 cm³/mol. The van der Waals surface area contributed by atoms with Gasteiger partial charge in [0.15, 0.2) is 0 Å². The molecule has 0 atom stereocenters. The lowest BCUT2D eigenvalue weighted by Crippen LogP contribution is -2.07. The van der Waals surface area contributed by atoms with Crippen molar-refractivity contribution < 1.29 is 24.2 Å². The lowest BCUT2D eigenvalue weighted by molar-refractivity contribution is -0.143. The van der Waals surface area contributed by atoms with Crippen LogP contribution in [0.25, 0.3) is 0 Å². The topological polar surface area (TPSA) is 72.8 Å². The molecular formula is C14H18O5. The van der Waals surface area contributed by atoms with E-state index in [1.807, 2.05) is 0 Å². The van der Waals surface area contributed by atoms with Crippen LogP contribution in [0.1, 0.15) is 36.2 Å². The molecule has 1 aromatic rings. The fourth-order valence-electron chi connectivity index (χ4n) is 1.63. The maximum atomic E-state index is 11.6. The van der Waals surface area contributed by atoms with Crippen LogP contribution in [0.5, 0.6) is 5.75 Å². The molecule has 19 heavy (non-hydrogen) atoms. The third-order valence-corrected chi connectivity index (χ3v) is 2.41. The highest BCUT2D eigenvalue weighted by atomic mass is 16.5. The molecule has 0 amide bonds. The molecule has 0 fully saturated rings. The summed E-state index contributed by atoms with van der Waals surface area (Å²) < 4.78 is 9.68. The Hall–Kier alpha value is -2.04. The van der Waals surface area contributed by atoms with E-state index in [1.54, 1.807) is 19.9 Å². The van der Waals surface area contributed by atoms with E-state index in [-0.39, 0.29) is 30.3 Å². The first-order valence-electron chi connectivity index (χ1n) is 6.22. The van der Waals surface area contributed by atoms with E-state index in [1.165, 1.54) is 12.1 Å². The minimum absolute atomic E-state index is 0.0237. The Kier molecular flexibility index (Phi) is 5.85. The van der Waals surface area contributed by atoms with Crippen LogP contribution in [0, 0.1) is 0 Å². The zero-order valence-electron chi connectivity index (χ0n) is 11.1. The smallest absolute Gasteiger partial charge is 0.338 e. The zero-order valence-corrected chi connectivity index (χ0v) is 11.1. The minimum atomic E-state index is -0.490. The molecule has 0 saturated carbocycles. The van der Waals surface area contributed by atoms with Crippen molar-refractivity contribution in [1.82, 2.24) is 0 Å². The van der Waals surface area contributed by atoms with E-state index in [4.69, 9.17) is 9.47 Å². The molecule has 0 aromatic heterocycles. The number of ether oxygens (including phenoxy) is 2. The second-order valence-corrected chi connectivity index (χ2v) is 3.91. The summed E-state index contributed by atoms with van der Waals surface area (Å²) in [6, 6.07) is 4.46. The number of phenolic OH excluding ortho intramolecular Hbond substituents is 1. The summed E-state index contributed by atoms with van der Waals surface area (Å²) in [7, 11) is 0. The molecule has 0 aliphatic rings. The standard InChI is InChI=1S/C14H18O5/c1-3-18-13(16)6-5-10-7-11(9-12(15)8-10)14(17)19-4-2/h7-9,15H,3-6H2,1-2H3. The SMILES string of the molecule is CCOC(=O)CCc1cc(O)cc(C(=O)OCC)c1. The maximum absolute atomic E-state index is 11.6. The van der Waals surface area contributed by atoms with Crippen molar-refractivity contribution in [3.8, 4) is 5.75 Å². The maximum Gasteiger partial charge on any atom is 0.338 e. The summed E-state index contributed by atoms with van der Waals surface area (Å²) in [4.78, 5) is 22.8. The van der Waals surface area contributed by atoms with Gasteiger partial charge in [0.25, 0.3) is 0 Å². The van der Waals surface area contributed by atoms with Crippen LogP contribution in [0.4, 0.5) is 0 Å². The first-order chi connectivity index (χ1) is 9.06. The Bertz CT molecular complexity index is 453. The number of hydrogen-bond donors (Lipinski definition) is 1. The summed E-state index contributed by atoms with van der Waals surface area (Å²) in [6.45, 7) is 4.06. The van der Waals surface area contributed by atoms with Crippen LogP contribution < -0.4 is 0 Å². The normalized spacial score (nSPS) is 10.0. The van der Waals surface area contributed by atoms with E-state index in [0.29, 0.717) is 18.6 Å². The van der Waals surface area contributed by atoms with Gasteiger partial charge in [-0.3, -0.25) is 4.79 Å². The third kappa shape index (κ3) is 4.99. The number of aryl methyl sites for hydroxylation is 1. The van der Waals surface area contributed by atoms with Gasteiger partial charge in [-0.15, -0.1) is 0 Å². The average Bonchev–Trinajstić information content (AvgIpc) is 2.36. The van der Waals surface area contributed by atoms with Crippen molar-refractivity contribution in [3.05, 3.63) is 29.3 Å². The molecule has 0 bridgehead atoms. The van der Waals surface area contributed by atoms with Crippen molar-refractivity contribution in [2.24, 2.45) is 0 Å². The summed E-state index contributed by atoms with van der Waals surface area (Å²) in [5.41, 5.74) is 0.969. The Morgan fingerprint density at radius 2 is 1.79 bits per heavy atom. The highest BCUT2D eigenvalue weighted by Crippen LogP contribution is 2.18. The molecule has 0 aliphatic carbocycles. The van der Waals surface area contributed by atoms with Gasteiger partial charge in [-0.1, -0.05) is 0 Å². The summed E-state index contributed by atoms with van der Waals surface area (Å²) in [5.74, 6) is -0.816. The van der Waals surface area contributed by atoms with Crippen LogP contribution >= 0.6 is 0 Å². The van der Waals surface area contributed by atoms with Gasteiger partial charge < -0.3 is 14.6 Å². The molecule has 0 heterocycles. The predicted octanol–water partition coefficient (Wildman–Crippen LogP) is 2.06. The van der Waals surface area contributed by atoms with Gasteiger partial charge in [-0.2, -0.15) is 0 Å². The molecule has 0 saturated heterocycles. The number of rotatable bonds is 6. The molecule has 5 heteroatoms. The molecule has 0 aliphatic heterocycles. The van der Waals surface area contributed by atoms with Crippen LogP contribution in [0.3, 0.4) is 0 Å². The van der Waals surface area contributed by atoms with Crippen LogP contribution in [0.2, 0.25) is 0 Å². The van der Waals surface area contributed by atoms with Crippen molar-refractivity contribution in [2.75, 3.05) is 13.2 Å². The van der Waals surface area contributed by atoms with Gasteiger partial charge >= 0.3 is 11.9 Å². The average molecular weight is 266 g/mol. The van der Waals surface area contributed by atoms with E-state index in [2.05, 4.69) is 0 Å². The first kappa shape index (κ1) is 15.0. The largest absolute Gasteiger partial charge is 0.508 e. The molecule has 0 spiro atoms. The van der Waals surface area contributed by atoms with Gasteiger partial charge in [-0.05, 0) is 44.0 Å².